The van der Waals surface area contributed by atoms with Gasteiger partial charge in [-0.3, -0.25) is 9.78 Å². The summed E-state index contributed by atoms with van der Waals surface area (Å²) in [5.41, 5.74) is 2.89. The van der Waals surface area contributed by atoms with Crippen LogP contribution in [0.15, 0.2) is 48.7 Å². The molecule has 6 nitrogen and oxygen atoms in total. The van der Waals surface area contributed by atoms with Gasteiger partial charge in [0.2, 0.25) is 5.88 Å². The van der Waals surface area contributed by atoms with Gasteiger partial charge in [0, 0.05) is 30.2 Å². The van der Waals surface area contributed by atoms with E-state index < -0.39 is 0 Å². The first-order chi connectivity index (χ1) is 12.8. The number of hydrogen-bond acceptors (Lipinski definition) is 5. The van der Waals surface area contributed by atoms with Crippen molar-refractivity contribution in [1.82, 2.24) is 14.9 Å². The maximum atomic E-state index is 12.7. The van der Waals surface area contributed by atoms with Gasteiger partial charge in [0.25, 0.3) is 5.91 Å². The Bertz CT molecular complexity index is 952. The molecular formula is C20H19N3O3. The second kappa shape index (κ2) is 7.09. The highest BCUT2D eigenvalue weighted by Crippen LogP contribution is 2.30. The van der Waals surface area contributed by atoms with Crippen molar-refractivity contribution in [3.05, 3.63) is 54.2 Å². The molecule has 26 heavy (non-hydrogen) atoms. The van der Waals surface area contributed by atoms with E-state index in [1.807, 2.05) is 30.3 Å². The van der Waals surface area contributed by atoms with E-state index in [4.69, 9.17) is 9.47 Å². The predicted octanol–water partition coefficient (Wildman–Crippen LogP) is 2.78. The Hall–Kier alpha value is -2.99. The molecule has 0 saturated carbocycles. The largest absolute Gasteiger partial charge is 0.480 e. The molecule has 132 valence electrons. The number of nitrogens with zero attached hydrogens (tertiary/aromatic N) is 3. The standard InChI is InChI=1S/C20H19N3O3/c1-25-19-16(12-14-4-2-3-5-17(14)22-19)18-13-15(6-7-21-18)20(24)23-8-10-26-11-9-23/h2-7,12-13H,8-11H2,1H3. The van der Waals surface area contributed by atoms with Crippen molar-refractivity contribution in [3.63, 3.8) is 0 Å². The lowest BCUT2D eigenvalue weighted by Crippen LogP contribution is -2.40. The number of rotatable bonds is 3. The molecule has 3 heterocycles. The third kappa shape index (κ3) is 3.11. The third-order valence-corrected chi connectivity index (χ3v) is 4.46. The summed E-state index contributed by atoms with van der Waals surface area (Å²) in [6.45, 7) is 2.37. The van der Waals surface area contributed by atoms with Crippen molar-refractivity contribution in [2.24, 2.45) is 0 Å². The third-order valence-electron chi connectivity index (χ3n) is 4.46. The van der Waals surface area contributed by atoms with Gasteiger partial charge in [0.15, 0.2) is 0 Å². The van der Waals surface area contributed by atoms with Crippen molar-refractivity contribution in [3.8, 4) is 17.1 Å². The fourth-order valence-corrected chi connectivity index (χ4v) is 3.10. The Kier molecular flexibility index (Phi) is 4.50. The van der Waals surface area contributed by atoms with Gasteiger partial charge < -0.3 is 14.4 Å². The van der Waals surface area contributed by atoms with E-state index in [1.54, 1.807) is 30.3 Å². The Morgan fingerprint density at radius 2 is 1.96 bits per heavy atom. The van der Waals surface area contributed by atoms with Gasteiger partial charge in [0.1, 0.15) is 0 Å². The number of pyridine rings is 2. The number of aromatic nitrogens is 2. The summed E-state index contributed by atoms with van der Waals surface area (Å²) in [7, 11) is 1.59. The number of carbonyl (C=O) groups excluding carboxylic acids is 1. The van der Waals surface area contributed by atoms with E-state index in [2.05, 4.69) is 9.97 Å². The summed E-state index contributed by atoms with van der Waals surface area (Å²) in [5, 5.41) is 0.995. The van der Waals surface area contributed by atoms with Crippen LogP contribution in [0.2, 0.25) is 0 Å². The first kappa shape index (κ1) is 16.5. The second-order valence-electron chi connectivity index (χ2n) is 6.07. The van der Waals surface area contributed by atoms with E-state index in [0.29, 0.717) is 43.4 Å². The van der Waals surface area contributed by atoms with Gasteiger partial charge in [-0.1, -0.05) is 18.2 Å². The minimum atomic E-state index is -0.00957. The highest BCUT2D eigenvalue weighted by atomic mass is 16.5. The van der Waals surface area contributed by atoms with Gasteiger partial charge in [-0.05, 0) is 24.3 Å². The van der Waals surface area contributed by atoms with Crippen LogP contribution in [0.25, 0.3) is 22.2 Å². The molecule has 1 saturated heterocycles. The Balaban J connectivity index is 1.74. The van der Waals surface area contributed by atoms with Crippen molar-refractivity contribution in [2.75, 3.05) is 33.4 Å². The van der Waals surface area contributed by atoms with E-state index in [9.17, 15) is 4.79 Å². The number of methoxy groups -OCH3 is 1. The summed E-state index contributed by atoms with van der Waals surface area (Å²) in [6.07, 6.45) is 1.65. The van der Waals surface area contributed by atoms with Crippen molar-refractivity contribution >= 4 is 16.8 Å². The predicted molar refractivity (Wildman–Crippen MR) is 98.2 cm³/mol. The molecule has 1 aromatic carbocycles. The van der Waals surface area contributed by atoms with Gasteiger partial charge in [-0.2, -0.15) is 0 Å². The Labute approximate surface area is 151 Å². The number of para-hydroxylation sites is 1. The number of morpholine rings is 1. The molecule has 1 aliphatic rings. The zero-order valence-electron chi connectivity index (χ0n) is 14.5. The molecule has 6 heteroatoms. The molecule has 1 fully saturated rings. The fraction of sp³-hybridized carbons (Fsp3) is 0.250. The van der Waals surface area contributed by atoms with Crippen LogP contribution in [-0.2, 0) is 4.74 Å². The van der Waals surface area contributed by atoms with Crippen LogP contribution in [-0.4, -0.2) is 54.2 Å². The number of benzene rings is 1. The van der Waals surface area contributed by atoms with Crippen LogP contribution < -0.4 is 4.74 Å². The monoisotopic (exact) mass is 349 g/mol. The van der Waals surface area contributed by atoms with Gasteiger partial charge in [-0.15, -0.1) is 0 Å². The van der Waals surface area contributed by atoms with Crippen LogP contribution in [0.4, 0.5) is 0 Å². The Morgan fingerprint density at radius 3 is 2.77 bits per heavy atom. The molecule has 0 bridgehead atoms. The number of amides is 1. The summed E-state index contributed by atoms with van der Waals surface area (Å²) < 4.78 is 10.8. The first-order valence-corrected chi connectivity index (χ1v) is 8.53. The van der Waals surface area contributed by atoms with Gasteiger partial charge in [-0.25, -0.2) is 4.98 Å². The van der Waals surface area contributed by atoms with Crippen molar-refractivity contribution in [2.45, 2.75) is 0 Å². The molecular weight excluding hydrogens is 330 g/mol. The van der Waals surface area contributed by atoms with Crippen molar-refractivity contribution in [1.29, 1.82) is 0 Å². The SMILES string of the molecule is COc1nc2ccccc2cc1-c1cc(C(=O)N2CCOCC2)ccn1. The molecule has 2 aromatic heterocycles. The smallest absolute Gasteiger partial charge is 0.254 e. The quantitative estimate of drug-likeness (QED) is 0.727. The average Bonchev–Trinajstić information content (AvgIpc) is 2.73. The van der Waals surface area contributed by atoms with Crippen LogP contribution >= 0.6 is 0 Å². The number of fused-ring (bicyclic) bond motifs is 1. The molecule has 4 rings (SSSR count). The first-order valence-electron chi connectivity index (χ1n) is 8.53. The molecule has 3 aromatic rings. The lowest BCUT2D eigenvalue weighted by molar-refractivity contribution is 0.0303. The number of hydrogen-bond donors (Lipinski definition) is 0. The highest BCUT2D eigenvalue weighted by Gasteiger charge is 2.20. The summed E-state index contributed by atoms with van der Waals surface area (Å²) in [4.78, 5) is 23.5. The highest BCUT2D eigenvalue weighted by molar-refractivity contribution is 5.95. The Morgan fingerprint density at radius 1 is 1.15 bits per heavy atom. The molecule has 0 atom stereocenters. The van der Waals surface area contributed by atoms with Crippen LogP contribution in [0.3, 0.4) is 0 Å². The molecule has 0 aliphatic carbocycles. The van der Waals surface area contributed by atoms with Crippen LogP contribution in [0.5, 0.6) is 5.88 Å². The van der Waals surface area contributed by atoms with E-state index in [-0.39, 0.29) is 5.91 Å². The fourth-order valence-electron chi connectivity index (χ4n) is 3.10. The zero-order chi connectivity index (χ0) is 17.9. The topological polar surface area (TPSA) is 64.5 Å². The molecule has 0 spiro atoms. The maximum absolute atomic E-state index is 12.7. The second-order valence-corrected chi connectivity index (χ2v) is 6.07. The minimum absolute atomic E-state index is 0.00957. The van der Waals surface area contributed by atoms with Gasteiger partial charge in [0.05, 0.1) is 37.1 Å². The molecule has 1 amide bonds. The lowest BCUT2D eigenvalue weighted by atomic mass is 10.1. The number of carbonyl (C=O) groups is 1. The van der Waals surface area contributed by atoms with Crippen LogP contribution in [0.1, 0.15) is 10.4 Å². The molecule has 0 radical (unpaired) electrons. The summed E-state index contributed by atoms with van der Waals surface area (Å²) in [5.74, 6) is 0.483. The van der Waals surface area contributed by atoms with Gasteiger partial charge >= 0.3 is 0 Å². The lowest BCUT2D eigenvalue weighted by Gasteiger charge is -2.26. The minimum Gasteiger partial charge on any atom is -0.480 e. The van der Waals surface area contributed by atoms with Crippen molar-refractivity contribution < 1.29 is 14.3 Å². The number of ether oxygens (including phenoxy) is 2. The normalized spacial score (nSPS) is 14.4. The zero-order valence-corrected chi connectivity index (χ0v) is 14.5. The van der Waals surface area contributed by atoms with E-state index >= 15 is 0 Å². The summed E-state index contributed by atoms with van der Waals surface area (Å²) in [6, 6.07) is 13.4. The molecule has 0 N–H and O–H groups in total. The summed E-state index contributed by atoms with van der Waals surface area (Å²) >= 11 is 0. The maximum Gasteiger partial charge on any atom is 0.254 e. The van der Waals surface area contributed by atoms with E-state index in [0.717, 1.165) is 16.5 Å². The van der Waals surface area contributed by atoms with Crippen LogP contribution in [0, 0.1) is 0 Å². The molecule has 0 unspecified atom stereocenters. The van der Waals surface area contributed by atoms with E-state index in [1.165, 1.54) is 0 Å². The average molecular weight is 349 g/mol. The molecule has 1 aliphatic heterocycles.